The van der Waals surface area contributed by atoms with E-state index in [9.17, 15) is 18.3 Å². The van der Waals surface area contributed by atoms with Crippen LogP contribution in [0.4, 0.5) is 5.69 Å². The van der Waals surface area contributed by atoms with Crippen LogP contribution in [-0.2, 0) is 15.6 Å². The van der Waals surface area contributed by atoms with Crippen LogP contribution < -0.4 is 5.32 Å². The van der Waals surface area contributed by atoms with E-state index in [0.717, 1.165) is 22.5 Å². The number of nitrogens with zero attached hydrogens (tertiary/aromatic N) is 1. The van der Waals surface area contributed by atoms with Gasteiger partial charge in [0.05, 0.1) is 28.0 Å². The smallest absolute Gasteiger partial charge is 0.256 e. The summed E-state index contributed by atoms with van der Waals surface area (Å²) in [6, 6.07) is 11.7. The number of H-pyrrole nitrogens is 1. The number of likely N-dealkylation sites (tertiary alicyclic amines) is 1. The van der Waals surface area contributed by atoms with Crippen molar-refractivity contribution in [1.82, 2.24) is 9.88 Å². The molecule has 2 aliphatic heterocycles. The van der Waals surface area contributed by atoms with Crippen molar-refractivity contribution in [1.29, 1.82) is 0 Å². The Balaban J connectivity index is 1.46. The highest BCUT2D eigenvalue weighted by atomic mass is 35.5. The predicted molar refractivity (Wildman–Crippen MR) is 147 cm³/mol. The number of aryl methyl sites for hydroxylation is 1. The van der Waals surface area contributed by atoms with Crippen LogP contribution in [0.5, 0.6) is 0 Å². The van der Waals surface area contributed by atoms with E-state index in [1.807, 2.05) is 19.1 Å². The minimum atomic E-state index is -3.73. The van der Waals surface area contributed by atoms with Gasteiger partial charge in [0.1, 0.15) is 0 Å². The SMILES string of the molecule is Cc1cc(C(=O)N2CCC(O)CC2)c(/C=C2\CNc3ccc(S(=O)(=O)Cc4c(Cl)cccc4Cl)cc32)[nH]1. The van der Waals surface area contributed by atoms with Crippen LogP contribution in [0.1, 0.15) is 45.7 Å². The first-order valence-corrected chi connectivity index (χ1v) is 14.4. The fraction of sp³-hybridized carbons (Fsp3) is 0.296. The average molecular weight is 561 g/mol. The predicted octanol–water partition coefficient (Wildman–Crippen LogP) is 5.17. The Bertz CT molecular complexity index is 1490. The number of halogens is 2. The molecule has 1 saturated heterocycles. The first kappa shape index (κ1) is 25.9. The molecule has 10 heteroatoms. The number of sulfone groups is 1. The van der Waals surface area contributed by atoms with Crippen molar-refractivity contribution in [2.75, 3.05) is 25.0 Å². The second-order valence-corrected chi connectivity index (χ2v) is 12.3. The molecule has 0 radical (unpaired) electrons. The maximum atomic E-state index is 13.3. The highest BCUT2D eigenvalue weighted by molar-refractivity contribution is 7.90. The van der Waals surface area contributed by atoms with Crippen molar-refractivity contribution in [2.45, 2.75) is 36.5 Å². The number of nitrogens with one attached hydrogen (secondary N) is 2. The molecule has 0 unspecified atom stereocenters. The fourth-order valence-electron chi connectivity index (χ4n) is 4.81. The monoisotopic (exact) mass is 559 g/mol. The second kappa shape index (κ2) is 10.2. The highest BCUT2D eigenvalue weighted by Crippen LogP contribution is 2.36. The van der Waals surface area contributed by atoms with E-state index in [2.05, 4.69) is 10.3 Å². The van der Waals surface area contributed by atoms with E-state index in [1.165, 1.54) is 0 Å². The van der Waals surface area contributed by atoms with E-state index >= 15 is 0 Å². The van der Waals surface area contributed by atoms with Crippen molar-refractivity contribution in [3.63, 3.8) is 0 Å². The zero-order valence-corrected chi connectivity index (χ0v) is 22.6. The second-order valence-electron chi connectivity index (χ2n) is 9.49. The van der Waals surface area contributed by atoms with E-state index < -0.39 is 9.84 Å². The Morgan fingerprint density at radius 2 is 1.84 bits per heavy atom. The van der Waals surface area contributed by atoms with Crippen LogP contribution >= 0.6 is 23.2 Å². The van der Waals surface area contributed by atoms with E-state index in [4.69, 9.17) is 23.2 Å². The molecule has 3 heterocycles. The van der Waals surface area contributed by atoms with Crippen LogP contribution in [-0.4, -0.2) is 55.1 Å². The maximum absolute atomic E-state index is 13.3. The first-order valence-electron chi connectivity index (χ1n) is 12.0. The Hall–Kier alpha value is -2.78. The number of aliphatic hydroxyl groups is 1. The molecule has 5 rings (SSSR count). The molecule has 1 amide bonds. The molecule has 37 heavy (non-hydrogen) atoms. The largest absolute Gasteiger partial charge is 0.393 e. The summed E-state index contributed by atoms with van der Waals surface area (Å²) in [7, 11) is -3.73. The number of benzene rings is 2. The number of fused-ring (bicyclic) bond motifs is 1. The Morgan fingerprint density at radius 1 is 1.14 bits per heavy atom. The molecule has 1 aromatic heterocycles. The third kappa shape index (κ3) is 5.29. The summed E-state index contributed by atoms with van der Waals surface area (Å²) >= 11 is 12.4. The molecule has 0 spiro atoms. The number of carbonyl (C=O) groups is 1. The lowest BCUT2D eigenvalue weighted by Crippen LogP contribution is -2.40. The number of amides is 1. The number of piperidine rings is 1. The van der Waals surface area contributed by atoms with Crippen LogP contribution in [0.3, 0.4) is 0 Å². The number of anilines is 1. The minimum absolute atomic E-state index is 0.0813. The van der Waals surface area contributed by atoms with Crippen molar-refractivity contribution in [3.8, 4) is 0 Å². The summed E-state index contributed by atoms with van der Waals surface area (Å²) in [5, 5.41) is 13.7. The van der Waals surface area contributed by atoms with Crippen molar-refractivity contribution < 1.29 is 18.3 Å². The molecular weight excluding hydrogens is 533 g/mol. The summed E-state index contributed by atoms with van der Waals surface area (Å²) < 4.78 is 26.6. The van der Waals surface area contributed by atoms with Gasteiger partial charge in [0.2, 0.25) is 0 Å². The zero-order valence-electron chi connectivity index (χ0n) is 20.2. The summed E-state index contributed by atoms with van der Waals surface area (Å²) in [6.07, 6.45) is 2.68. The maximum Gasteiger partial charge on any atom is 0.256 e. The molecule has 1 fully saturated rings. The highest BCUT2D eigenvalue weighted by Gasteiger charge is 2.27. The first-order chi connectivity index (χ1) is 17.6. The lowest BCUT2D eigenvalue weighted by molar-refractivity contribution is 0.0546. The Morgan fingerprint density at radius 3 is 2.54 bits per heavy atom. The van der Waals surface area contributed by atoms with E-state index in [-0.39, 0.29) is 22.7 Å². The van der Waals surface area contributed by atoms with Crippen LogP contribution in [0.2, 0.25) is 10.0 Å². The number of hydrogen-bond donors (Lipinski definition) is 3. The van der Waals surface area contributed by atoms with Gasteiger partial charge in [0, 0.05) is 52.2 Å². The molecule has 3 N–H and O–H groups in total. The molecule has 0 atom stereocenters. The number of hydrogen-bond acceptors (Lipinski definition) is 5. The van der Waals surface area contributed by atoms with Crippen LogP contribution in [0.25, 0.3) is 11.6 Å². The topological polar surface area (TPSA) is 102 Å². The number of aliphatic hydroxyl groups excluding tert-OH is 1. The molecule has 2 aromatic carbocycles. The molecule has 3 aromatic rings. The van der Waals surface area contributed by atoms with Gasteiger partial charge in [-0.25, -0.2) is 8.42 Å². The van der Waals surface area contributed by atoms with Crippen molar-refractivity contribution in [3.05, 3.63) is 80.6 Å². The lowest BCUT2D eigenvalue weighted by atomic mass is 10.0. The molecule has 0 bridgehead atoms. The third-order valence-electron chi connectivity index (χ3n) is 6.84. The zero-order chi connectivity index (χ0) is 26.3. The number of aromatic amines is 1. The molecule has 7 nitrogen and oxygen atoms in total. The Labute approximate surface area is 226 Å². The number of carbonyl (C=O) groups excluding carboxylic acids is 1. The van der Waals surface area contributed by atoms with Gasteiger partial charge in [-0.3, -0.25) is 4.79 Å². The van der Waals surface area contributed by atoms with Gasteiger partial charge in [-0.05, 0) is 67.8 Å². The van der Waals surface area contributed by atoms with Gasteiger partial charge in [-0.15, -0.1) is 0 Å². The van der Waals surface area contributed by atoms with E-state index in [1.54, 1.807) is 41.3 Å². The van der Waals surface area contributed by atoms with Gasteiger partial charge in [-0.2, -0.15) is 0 Å². The van der Waals surface area contributed by atoms with Gasteiger partial charge < -0.3 is 20.3 Å². The normalized spacial score (nSPS) is 17.2. The summed E-state index contributed by atoms with van der Waals surface area (Å²) in [4.78, 5) is 18.5. The minimum Gasteiger partial charge on any atom is -0.393 e. The van der Waals surface area contributed by atoms with Crippen molar-refractivity contribution >= 4 is 56.3 Å². The van der Waals surface area contributed by atoms with Gasteiger partial charge >= 0.3 is 0 Å². The fourth-order valence-corrected chi connectivity index (χ4v) is 6.93. The quantitative estimate of drug-likeness (QED) is 0.400. The van der Waals surface area contributed by atoms with Gasteiger partial charge in [0.15, 0.2) is 9.84 Å². The molecular formula is C27H27Cl2N3O4S. The summed E-state index contributed by atoms with van der Waals surface area (Å²) in [6.45, 7) is 3.42. The standard InChI is InChI=1S/C27H27Cl2N3O4S/c1-16-11-21(27(34)32-9-7-18(33)8-10-32)26(31-16)12-17-14-30-25-6-5-19(13-20(17)25)37(35,36)15-22-23(28)3-2-4-24(22)29/h2-6,11-13,18,30-31,33H,7-10,14-15H2,1H3/b17-12+. The summed E-state index contributed by atoms with van der Waals surface area (Å²) in [5.74, 6) is -0.391. The molecule has 0 aliphatic carbocycles. The third-order valence-corrected chi connectivity index (χ3v) is 9.19. The lowest BCUT2D eigenvalue weighted by Gasteiger charge is -2.29. The van der Waals surface area contributed by atoms with Crippen LogP contribution in [0, 0.1) is 6.92 Å². The van der Waals surface area contributed by atoms with E-state index in [0.29, 0.717) is 59.3 Å². The van der Waals surface area contributed by atoms with Crippen molar-refractivity contribution in [2.24, 2.45) is 0 Å². The van der Waals surface area contributed by atoms with Gasteiger partial charge in [-0.1, -0.05) is 29.3 Å². The average Bonchev–Trinajstić information content (AvgIpc) is 3.44. The Kier molecular flexibility index (Phi) is 7.11. The van der Waals surface area contributed by atoms with Gasteiger partial charge in [0.25, 0.3) is 5.91 Å². The summed E-state index contributed by atoms with van der Waals surface area (Å²) in [5.41, 5.74) is 4.91. The van der Waals surface area contributed by atoms with Crippen LogP contribution in [0.15, 0.2) is 47.4 Å². The molecule has 0 saturated carbocycles. The molecule has 194 valence electrons. The molecule has 2 aliphatic rings. The number of rotatable bonds is 5. The number of aromatic nitrogens is 1.